The molecule has 1 fully saturated rings. The summed E-state index contributed by atoms with van der Waals surface area (Å²) in [5, 5.41) is 0. The average Bonchev–Trinajstić information content (AvgIpc) is 2.25. The van der Waals surface area contributed by atoms with Crippen molar-refractivity contribution in [3.05, 3.63) is 0 Å². The number of hydrogen-bond donors (Lipinski definition) is 1. The van der Waals surface area contributed by atoms with Gasteiger partial charge in [-0.2, -0.15) is 11.8 Å². The highest BCUT2D eigenvalue weighted by Gasteiger charge is 2.36. The summed E-state index contributed by atoms with van der Waals surface area (Å²) < 4.78 is 0. The van der Waals surface area contributed by atoms with Crippen molar-refractivity contribution in [1.82, 2.24) is 4.90 Å². The Morgan fingerprint density at radius 2 is 2.12 bits per heavy atom. The van der Waals surface area contributed by atoms with E-state index in [0.29, 0.717) is 23.4 Å². The largest absolute Gasteiger partial charge is 0.327 e. The molecule has 0 aliphatic heterocycles. The maximum atomic E-state index is 6.45. The van der Waals surface area contributed by atoms with Crippen molar-refractivity contribution < 1.29 is 0 Å². The van der Waals surface area contributed by atoms with E-state index in [1.165, 1.54) is 25.0 Å². The van der Waals surface area contributed by atoms with E-state index < -0.39 is 0 Å². The smallest absolute Gasteiger partial charge is 0.0155 e. The second kappa shape index (κ2) is 6.44. The Hall–Kier alpha value is 0.270. The summed E-state index contributed by atoms with van der Waals surface area (Å²) in [7, 11) is 2.25. The summed E-state index contributed by atoms with van der Waals surface area (Å²) in [6.07, 6.45) is 6.12. The van der Waals surface area contributed by atoms with Crippen molar-refractivity contribution in [3.63, 3.8) is 0 Å². The molecule has 1 rings (SSSR count). The van der Waals surface area contributed by atoms with E-state index in [1.54, 1.807) is 0 Å². The van der Waals surface area contributed by atoms with Crippen LogP contribution < -0.4 is 5.73 Å². The lowest BCUT2D eigenvalue weighted by atomic mass is 9.68. The third kappa shape index (κ3) is 4.15. The highest BCUT2D eigenvalue weighted by Crippen LogP contribution is 2.38. The van der Waals surface area contributed by atoms with Crippen LogP contribution in [0.5, 0.6) is 0 Å². The highest BCUT2D eigenvalue weighted by atomic mass is 32.2. The van der Waals surface area contributed by atoms with E-state index in [4.69, 9.17) is 5.73 Å². The van der Waals surface area contributed by atoms with Gasteiger partial charge in [0.1, 0.15) is 0 Å². The predicted molar refractivity (Wildman–Crippen MR) is 79.6 cm³/mol. The van der Waals surface area contributed by atoms with Crippen molar-refractivity contribution >= 4 is 11.8 Å². The van der Waals surface area contributed by atoms with Gasteiger partial charge in [0.25, 0.3) is 0 Å². The molecule has 3 atom stereocenters. The fourth-order valence-electron chi connectivity index (χ4n) is 2.93. The minimum Gasteiger partial charge on any atom is -0.327 e. The Kier molecular flexibility index (Phi) is 5.81. The van der Waals surface area contributed by atoms with Crippen molar-refractivity contribution in [3.8, 4) is 0 Å². The lowest BCUT2D eigenvalue weighted by molar-refractivity contribution is 0.102. The Morgan fingerprint density at radius 3 is 2.71 bits per heavy atom. The first-order valence-corrected chi connectivity index (χ1v) is 8.22. The van der Waals surface area contributed by atoms with Gasteiger partial charge in [-0.25, -0.2) is 0 Å². The van der Waals surface area contributed by atoms with Gasteiger partial charge in [0.05, 0.1) is 0 Å². The number of nitrogens with two attached hydrogens (primary N) is 1. The number of thioether (sulfide) groups is 1. The zero-order chi connectivity index (χ0) is 13.1. The molecular weight excluding hydrogens is 228 g/mol. The summed E-state index contributed by atoms with van der Waals surface area (Å²) in [5.74, 6) is 1.88. The SMILES string of the molecule is CSCC(C)N(C)CC1CCCC(C)(C)C1N. The van der Waals surface area contributed by atoms with Crippen LogP contribution >= 0.6 is 11.8 Å². The van der Waals surface area contributed by atoms with Crippen molar-refractivity contribution in [1.29, 1.82) is 0 Å². The molecule has 17 heavy (non-hydrogen) atoms. The fraction of sp³-hybridized carbons (Fsp3) is 1.00. The molecule has 0 radical (unpaired) electrons. The van der Waals surface area contributed by atoms with E-state index in [2.05, 4.69) is 39.0 Å². The molecule has 2 nitrogen and oxygen atoms in total. The number of rotatable bonds is 5. The summed E-state index contributed by atoms with van der Waals surface area (Å²) in [6.45, 7) is 8.13. The van der Waals surface area contributed by atoms with Crippen LogP contribution in [0.15, 0.2) is 0 Å². The van der Waals surface area contributed by atoms with Crippen LogP contribution in [0.2, 0.25) is 0 Å². The summed E-state index contributed by atoms with van der Waals surface area (Å²) >= 11 is 1.93. The molecule has 0 aromatic carbocycles. The van der Waals surface area contributed by atoms with E-state index >= 15 is 0 Å². The molecule has 0 aromatic rings. The van der Waals surface area contributed by atoms with Gasteiger partial charge < -0.3 is 10.6 Å². The Bertz CT molecular complexity index is 230. The van der Waals surface area contributed by atoms with Gasteiger partial charge in [0.2, 0.25) is 0 Å². The monoisotopic (exact) mass is 258 g/mol. The predicted octanol–water partition coefficient (Wildman–Crippen LogP) is 2.82. The van der Waals surface area contributed by atoms with Gasteiger partial charge in [0, 0.05) is 24.4 Å². The van der Waals surface area contributed by atoms with Crippen LogP contribution in [0.4, 0.5) is 0 Å². The van der Waals surface area contributed by atoms with Gasteiger partial charge in [0.15, 0.2) is 0 Å². The minimum atomic E-state index is 0.326. The summed E-state index contributed by atoms with van der Waals surface area (Å²) in [4.78, 5) is 2.49. The quantitative estimate of drug-likeness (QED) is 0.822. The number of hydrogen-bond acceptors (Lipinski definition) is 3. The normalized spacial score (nSPS) is 30.5. The number of nitrogens with zero attached hydrogens (tertiary/aromatic N) is 1. The Labute approximate surface area is 112 Å². The second-order valence-corrected chi connectivity index (χ2v) is 7.32. The second-order valence-electron chi connectivity index (χ2n) is 6.41. The molecule has 0 amide bonds. The van der Waals surface area contributed by atoms with E-state index in [0.717, 1.165) is 6.54 Å². The first-order valence-electron chi connectivity index (χ1n) is 6.83. The summed E-state index contributed by atoms with van der Waals surface area (Å²) in [5.41, 5.74) is 6.77. The maximum Gasteiger partial charge on any atom is 0.0155 e. The molecule has 0 saturated heterocycles. The molecule has 2 N–H and O–H groups in total. The molecule has 3 heteroatoms. The highest BCUT2D eigenvalue weighted by molar-refractivity contribution is 7.98. The first-order chi connectivity index (χ1) is 7.88. The molecule has 1 aliphatic carbocycles. The molecule has 0 aromatic heterocycles. The lowest BCUT2D eigenvalue weighted by Crippen LogP contribution is -2.50. The molecule has 0 heterocycles. The van der Waals surface area contributed by atoms with Gasteiger partial charge in [-0.3, -0.25) is 0 Å². The van der Waals surface area contributed by atoms with Crippen LogP contribution in [0.1, 0.15) is 40.0 Å². The van der Waals surface area contributed by atoms with Gasteiger partial charge in [-0.1, -0.05) is 20.3 Å². The lowest BCUT2D eigenvalue weighted by Gasteiger charge is -2.43. The third-order valence-corrected chi connectivity index (χ3v) is 5.30. The maximum absolute atomic E-state index is 6.45. The first kappa shape index (κ1) is 15.3. The molecule has 1 saturated carbocycles. The van der Waals surface area contributed by atoms with E-state index in [1.807, 2.05) is 11.8 Å². The summed E-state index contributed by atoms with van der Waals surface area (Å²) in [6, 6.07) is 1.02. The van der Waals surface area contributed by atoms with Gasteiger partial charge in [-0.15, -0.1) is 0 Å². The van der Waals surface area contributed by atoms with Crippen LogP contribution in [-0.2, 0) is 0 Å². The topological polar surface area (TPSA) is 29.3 Å². The van der Waals surface area contributed by atoms with Crippen molar-refractivity contribution in [2.24, 2.45) is 17.1 Å². The molecule has 1 aliphatic rings. The van der Waals surface area contributed by atoms with Crippen LogP contribution in [0.3, 0.4) is 0 Å². The molecular formula is C14H30N2S. The van der Waals surface area contributed by atoms with Gasteiger partial charge in [-0.05, 0) is 44.4 Å². The average molecular weight is 258 g/mol. The van der Waals surface area contributed by atoms with Crippen molar-refractivity contribution in [2.75, 3.05) is 25.6 Å². The van der Waals surface area contributed by atoms with E-state index in [-0.39, 0.29) is 0 Å². The zero-order valence-electron chi connectivity index (χ0n) is 12.2. The Morgan fingerprint density at radius 1 is 1.47 bits per heavy atom. The van der Waals surface area contributed by atoms with Crippen LogP contribution in [0.25, 0.3) is 0 Å². The van der Waals surface area contributed by atoms with Crippen molar-refractivity contribution in [2.45, 2.75) is 52.1 Å². The molecule has 3 unspecified atom stereocenters. The molecule has 0 spiro atoms. The van der Waals surface area contributed by atoms with Gasteiger partial charge >= 0.3 is 0 Å². The fourth-order valence-corrected chi connectivity index (χ4v) is 3.66. The van der Waals surface area contributed by atoms with E-state index in [9.17, 15) is 0 Å². The zero-order valence-corrected chi connectivity index (χ0v) is 13.0. The minimum absolute atomic E-state index is 0.326. The van der Waals surface area contributed by atoms with Crippen LogP contribution in [-0.4, -0.2) is 42.6 Å². The standard InChI is InChI=1S/C14H30N2S/c1-11(10-17-5)16(4)9-12-7-6-8-14(2,3)13(12)15/h11-13H,6-10,15H2,1-5H3. The Balaban J connectivity index is 2.50. The molecule has 102 valence electrons. The third-order valence-electron chi connectivity index (χ3n) is 4.49. The molecule has 0 bridgehead atoms. The van der Waals surface area contributed by atoms with Crippen LogP contribution in [0, 0.1) is 11.3 Å².